The number of carbonyl (C=O) groups is 1. The molecule has 0 aromatic heterocycles. The molecular formula is C10H7N3O. The van der Waals surface area contributed by atoms with Crippen LogP contribution in [-0.4, -0.2) is 23.5 Å². The Morgan fingerprint density at radius 2 is 2.29 bits per heavy atom. The molecule has 0 saturated heterocycles. The zero-order valence-electron chi connectivity index (χ0n) is 7.27. The van der Waals surface area contributed by atoms with Gasteiger partial charge in [-0.3, -0.25) is 4.99 Å². The van der Waals surface area contributed by atoms with Crippen LogP contribution in [0.15, 0.2) is 46.1 Å². The summed E-state index contributed by atoms with van der Waals surface area (Å²) in [4.78, 5) is 19.3. The Balaban J connectivity index is 2.24. The molecule has 2 heterocycles. The minimum absolute atomic E-state index is 0.306. The Bertz CT molecular complexity index is 464. The van der Waals surface area contributed by atoms with Gasteiger partial charge < -0.3 is 5.32 Å². The van der Waals surface area contributed by atoms with E-state index in [2.05, 4.69) is 15.3 Å². The van der Waals surface area contributed by atoms with Gasteiger partial charge in [0.15, 0.2) is 0 Å². The number of aliphatic imine (C=N–C) groups is 2. The van der Waals surface area contributed by atoms with Gasteiger partial charge in [-0.05, 0) is 24.3 Å². The Kier molecular flexibility index (Phi) is 1.21. The molecular weight excluding hydrogens is 178 g/mol. The molecule has 2 aliphatic heterocycles. The van der Waals surface area contributed by atoms with Crippen LogP contribution in [0.5, 0.6) is 0 Å². The molecule has 68 valence electrons. The SMILES string of the molecule is O=C1N=C2C=CC=C3N=CC=CC32N1. The summed E-state index contributed by atoms with van der Waals surface area (Å²) >= 11 is 0. The molecule has 1 spiro atoms. The van der Waals surface area contributed by atoms with Crippen LogP contribution in [-0.2, 0) is 0 Å². The Morgan fingerprint density at radius 3 is 3.21 bits per heavy atom. The highest BCUT2D eigenvalue weighted by Crippen LogP contribution is 2.31. The van der Waals surface area contributed by atoms with Gasteiger partial charge in [0.25, 0.3) is 0 Å². The number of hydrogen-bond acceptors (Lipinski definition) is 2. The molecule has 0 fully saturated rings. The molecule has 1 atom stereocenters. The van der Waals surface area contributed by atoms with Crippen LogP contribution in [0.1, 0.15) is 0 Å². The maximum Gasteiger partial charge on any atom is 0.342 e. The van der Waals surface area contributed by atoms with Crippen LogP contribution in [0.2, 0.25) is 0 Å². The predicted octanol–water partition coefficient (Wildman–Crippen LogP) is 0.984. The van der Waals surface area contributed by atoms with Crippen LogP contribution in [0.3, 0.4) is 0 Å². The molecule has 14 heavy (non-hydrogen) atoms. The average Bonchev–Trinajstić information content (AvgIpc) is 2.51. The number of urea groups is 1. The second-order valence-corrected chi connectivity index (χ2v) is 3.28. The monoisotopic (exact) mass is 185 g/mol. The van der Waals surface area contributed by atoms with Gasteiger partial charge in [-0.2, -0.15) is 4.99 Å². The lowest BCUT2D eigenvalue weighted by Crippen LogP contribution is -2.49. The number of nitrogens with one attached hydrogen (secondary N) is 1. The van der Waals surface area contributed by atoms with Crippen molar-refractivity contribution in [1.82, 2.24) is 5.32 Å². The van der Waals surface area contributed by atoms with Crippen LogP contribution in [0.4, 0.5) is 4.79 Å². The fraction of sp³-hybridized carbons (Fsp3) is 0.100. The van der Waals surface area contributed by atoms with E-state index < -0.39 is 5.54 Å². The normalized spacial score (nSPS) is 31.9. The van der Waals surface area contributed by atoms with Crippen molar-refractivity contribution in [3.63, 3.8) is 0 Å². The van der Waals surface area contributed by atoms with E-state index in [1.807, 2.05) is 30.4 Å². The summed E-state index contributed by atoms with van der Waals surface area (Å²) in [7, 11) is 0. The highest BCUT2D eigenvalue weighted by atomic mass is 16.2. The van der Waals surface area contributed by atoms with Crippen molar-refractivity contribution in [3.8, 4) is 0 Å². The van der Waals surface area contributed by atoms with E-state index in [0.29, 0.717) is 5.71 Å². The lowest BCUT2D eigenvalue weighted by Gasteiger charge is -2.30. The van der Waals surface area contributed by atoms with Gasteiger partial charge in [-0.1, -0.05) is 6.08 Å². The van der Waals surface area contributed by atoms with Crippen molar-refractivity contribution < 1.29 is 4.79 Å². The van der Waals surface area contributed by atoms with Gasteiger partial charge in [-0.25, -0.2) is 4.79 Å². The van der Waals surface area contributed by atoms with E-state index in [1.54, 1.807) is 6.21 Å². The number of rotatable bonds is 0. The maximum atomic E-state index is 11.2. The topological polar surface area (TPSA) is 53.8 Å². The zero-order valence-corrected chi connectivity index (χ0v) is 7.27. The fourth-order valence-electron chi connectivity index (χ4n) is 1.85. The van der Waals surface area contributed by atoms with E-state index >= 15 is 0 Å². The van der Waals surface area contributed by atoms with E-state index in [9.17, 15) is 4.79 Å². The first-order chi connectivity index (χ1) is 6.81. The molecule has 0 aromatic carbocycles. The van der Waals surface area contributed by atoms with Gasteiger partial charge in [0.2, 0.25) is 0 Å². The summed E-state index contributed by atoms with van der Waals surface area (Å²) in [5, 5.41) is 2.81. The summed E-state index contributed by atoms with van der Waals surface area (Å²) in [5.41, 5.74) is 0.931. The number of hydrogen-bond donors (Lipinski definition) is 1. The second kappa shape index (κ2) is 2.29. The molecule has 0 aromatic rings. The molecule has 3 aliphatic rings. The molecule has 0 bridgehead atoms. The maximum absolute atomic E-state index is 11.2. The fourth-order valence-corrected chi connectivity index (χ4v) is 1.85. The summed E-state index contributed by atoms with van der Waals surface area (Å²) < 4.78 is 0. The molecule has 4 heteroatoms. The molecule has 0 radical (unpaired) electrons. The molecule has 3 rings (SSSR count). The average molecular weight is 185 g/mol. The van der Waals surface area contributed by atoms with Crippen LogP contribution in [0, 0.1) is 0 Å². The molecule has 1 N–H and O–H groups in total. The molecule has 2 amide bonds. The van der Waals surface area contributed by atoms with Crippen LogP contribution in [0.25, 0.3) is 0 Å². The first kappa shape index (κ1) is 7.44. The molecule has 0 saturated carbocycles. The number of allylic oxidation sites excluding steroid dienone is 3. The summed E-state index contributed by atoms with van der Waals surface area (Å²) in [6, 6.07) is -0.306. The predicted molar refractivity (Wildman–Crippen MR) is 53.6 cm³/mol. The van der Waals surface area contributed by atoms with Crippen LogP contribution < -0.4 is 5.32 Å². The Hall–Kier alpha value is -1.97. The zero-order chi connectivity index (χ0) is 9.60. The summed E-state index contributed by atoms with van der Waals surface area (Å²) in [6.45, 7) is 0. The highest BCUT2D eigenvalue weighted by Gasteiger charge is 2.44. The standard InChI is InChI=1S/C10H7N3O/c14-9-12-8-4-1-3-7-10(8,13-9)5-2-6-11-7/h1-6H,(H,13,14). The third-order valence-electron chi connectivity index (χ3n) is 2.49. The second-order valence-electron chi connectivity index (χ2n) is 3.28. The summed E-state index contributed by atoms with van der Waals surface area (Å²) in [5.74, 6) is 0. The lowest BCUT2D eigenvalue weighted by atomic mass is 9.85. The van der Waals surface area contributed by atoms with Gasteiger partial charge in [0.05, 0.1) is 11.4 Å². The number of carbonyl (C=O) groups excluding carboxylic acids is 1. The highest BCUT2D eigenvalue weighted by molar-refractivity contribution is 6.18. The Morgan fingerprint density at radius 1 is 1.36 bits per heavy atom. The van der Waals surface area contributed by atoms with Gasteiger partial charge in [0, 0.05) is 6.21 Å². The van der Waals surface area contributed by atoms with Crippen molar-refractivity contribution in [1.29, 1.82) is 0 Å². The smallest absolute Gasteiger partial charge is 0.316 e. The van der Waals surface area contributed by atoms with E-state index in [4.69, 9.17) is 0 Å². The van der Waals surface area contributed by atoms with E-state index in [0.717, 1.165) is 5.70 Å². The van der Waals surface area contributed by atoms with Crippen molar-refractivity contribution >= 4 is 18.0 Å². The summed E-state index contributed by atoms with van der Waals surface area (Å²) in [6.07, 6.45) is 11.0. The molecule has 4 nitrogen and oxygen atoms in total. The van der Waals surface area contributed by atoms with Crippen molar-refractivity contribution in [2.45, 2.75) is 5.54 Å². The van der Waals surface area contributed by atoms with Crippen molar-refractivity contribution in [2.24, 2.45) is 9.98 Å². The number of dihydropyridines is 1. The van der Waals surface area contributed by atoms with Gasteiger partial charge in [-0.15, -0.1) is 0 Å². The third kappa shape index (κ3) is 0.750. The number of nitrogens with zero attached hydrogens (tertiary/aromatic N) is 2. The lowest BCUT2D eigenvalue weighted by molar-refractivity contribution is 0.249. The first-order valence-electron chi connectivity index (χ1n) is 4.33. The van der Waals surface area contributed by atoms with E-state index in [-0.39, 0.29) is 6.03 Å². The molecule has 1 unspecified atom stereocenters. The third-order valence-corrected chi connectivity index (χ3v) is 2.49. The van der Waals surface area contributed by atoms with Gasteiger partial charge >= 0.3 is 6.03 Å². The van der Waals surface area contributed by atoms with E-state index in [1.165, 1.54) is 0 Å². The van der Waals surface area contributed by atoms with Crippen molar-refractivity contribution in [3.05, 3.63) is 36.1 Å². The quantitative estimate of drug-likeness (QED) is 0.601. The minimum Gasteiger partial charge on any atom is -0.316 e. The number of amides is 2. The first-order valence-corrected chi connectivity index (χ1v) is 4.33. The Labute approximate surface area is 80.4 Å². The minimum atomic E-state index is -0.597. The molecule has 1 aliphatic carbocycles. The van der Waals surface area contributed by atoms with Crippen LogP contribution >= 0.6 is 0 Å². The largest absolute Gasteiger partial charge is 0.342 e. The van der Waals surface area contributed by atoms with Crippen molar-refractivity contribution in [2.75, 3.05) is 0 Å². The van der Waals surface area contributed by atoms with Gasteiger partial charge in [0.1, 0.15) is 5.54 Å².